The lowest BCUT2D eigenvalue weighted by atomic mass is 9.92. The number of benzene rings is 1. The van der Waals surface area contributed by atoms with Crippen molar-refractivity contribution in [2.75, 3.05) is 6.61 Å². The van der Waals surface area contributed by atoms with Gasteiger partial charge in [-0.05, 0) is 30.5 Å². The van der Waals surface area contributed by atoms with Crippen LogP contribution in [0.25, 0.3) is 0 Å². The Morgan fingerprint density at radius 3 is 2.42 bits per heavy atom. The lowest BCUT2D eigenvalue weighted by Crippen LogP contribution is -2.29. The van der Waals surface area contributed by atoms with Gasteiger partial charge >= 0.3 is 6.18 Å². The highest BCUT2D eigenvalue weighted by atomic mass is 19.4. The van der Waals surface area contributed by atoms with E-state index >= 15 is 0 Å². The molecule has 1 aromatic rings. The quantitative estimate of drug-likeness (QED) is 0.884. The molecule has 0 spiro atoms. The standard InChI is InChI=1S/C14H19F3O2/c1-10(2)8-19-12-6-4-5-11(7-12)13(3,18)9-14(15,16)17/h4-7,10,18H,8-9H2,1-3H3. The van der Waals surface area contributed by atoms with Gasteiger partial charge in [0.15, 0.2) is 0 Å². The molecule has 0 aliphatic rings. The highest BCUT2D eigenvalue weighted by molar-refractivity contribution is 5.32. The molecule has 1 aromatic carbocycles. The fraction of sp³-hybridized carbons (Fsp3) is 0.571. The SMILES string of the molecule is CC(C)COc1cccc(C(C)(O)CC(F)(F)F)c1. The van der Waals surface area contributed by atoms with Crippen molar-refractivity contribution in [3.8, 4) is 5.75 Å². The molecule has 0 aliphatic carbocycles. The van der Waals surface area contributed by atoms with E-state index in [0.717, 1.165) is 6.92 Å². The van der Waals surface area contributed by atoms with Gasteiger partial charge in [-0.15, -0.1) is 0 Å². The van der Waals surface area contributed by atoms with E-state index in [2.05, 4.69) is 0 Å². The lowest BCUT2D eigenvalue weighted by Gasteiger charge is -2.25. The average Bonchev–Trinajstić information content (AvgIpc) is 2.23. The molecule has 0 heterocycles. The molecule has 1 unspecified atom stereocenters. The zero-order valence-electron chi connectivity index (χ0n) is 11.3. The van der Waals surface area contributed by atoms with E-state index in [9.17, 15) is 18.3 Å². The van der Waals surface area contributed by atoms with Crippen LogP contribution in [0.15, 0.2) is 24.3 Å². The molecule has 1 rings (SSSR count). The van der Waals surface area contributed by atoms with Gasteiger partial charge in [0.05, 0.1) is 18.6 Å². The second kappa shape index (κ2) is 5.82. The van der Waals surface area contributed by atoms with Gasteiger partial charge in [0.1, 0.15) is 5.75 Å². The predicted molar refractivity (Wildman–Crippen MR) is 67.0 cm³/mol. The predicted octanol–water partition coefficient (Wildman–Crippen LogP) is 3.88. The highest BCUT2D eigenvalue weighted by Crippen LogP contribution is 2.35. The zero-order valence-corrected chi connectivity index (χ0v) is 11.3. The second-order valence-corrected chi connectivity index (χ2v) is 5.30. The Morgan fingerprint density at radius 1 is 1.26 bits per heavy atom. The molecule has 0 bridgehead atoms. The number of alkyl halides is 3. The van der Waals surface area contributed by atoms with Crippen LogP contribution in [0.5, 0.6) is 5.75 Å². The largest absolute Gasteiger partial charge is 0.493 e. The number of hydrogen-bond donors (Lipinski definition) is 1. The topological polar surface area (TPSA) is 29.5 Å². The van der Waals surface area contributed by atoms with Crippen LogP contribution in [0.1, 0.15) is 32.8 Å². The maximum Gasteiger partial charge on any atom is 0.392 e. The molecule has 0 fully saturated rings. The summed E-state index contributed by atoms with van der Waals surface area (Å²) in [5, 5.41) is 9.95. The van der Waals surface area contributed by atoms with Gasteiger partial charge in [-0.2, -0.15) is 13.2 Å². The molecule has 1 N–H and O–H groups in total. The summed E-state index contributed by atoms with van der Waals surface area (Å²) in [5.41, 5.74) is -1.75. The average molecular weight is 276 g/mol. The van der Waals surface area contributed by atoms with Crippen molar-refractivity contribution >= 4 is 0 Å². The number of aliphatic hydroxyl groups is 1. The van der Waals surface area contributed by atoms with Crippen LogP contribution in [0.3, 0.4) is 0 Å². The number of rotatable bonds is 5. The fourth-order valence-electron chi connectivity index (χ4n) is 1.68. The third-order valence-corrected chi connectivity index (χ3v) is 2.58. The molecule has 0 amide bonds. The van der Waals surface area contributed by atoms with E-state index in [1.54, 1.807) is 12.1 Å². The Balaban J connectivity index is 2.85. The normalized spacial score (nSPS) is 15.4. The van der Waals surface area contributed by atoms with Crippen molar-refractivity contribution in [1.82, 2.24) is 0 Å². The van der Waals surface area contributed by atoms with Crippen LogP contribution in [0.2, 0.25) is 0 Å². The van der Waals surface area contributed by atoms with Gasteiger partial charge in [0.2, 0.25) is 0 Å². The molecule has 0 radical (unpaired) electrons. The van der Waals surface area contributed by atoms with Crippen LogP contribution >= 0.6 is 0 Å². The first-order valence-electron chi connectivity index (χ1n) is 6.12. The highest BCUT2D eigenvalue weighted by Gasteiger charge is 2.39. The van der Waals surface area contributed by atoms with E-state index in [1.807, 2.05) is 13.8 Å². The van der Waals surface area contributed by atoms with E-state index < -0.39 is 18.2 Å². The Morgan fingerprint density at radius 2 is 1.89 bits per heavy atom. The van der Waals surface area contributed by atoms with E-state index in [4.69, 9.17) is 4.74 Å². The van der Waals surface area contributed by atoms with Crippen LogP contribution in [-0.2, 0) is 5.60 Å². The second-order valence-electron chi connectivity index (χ2n) is 5.30. The van der Waals surface area contributed by atoms with Gasteiger partial charge in [0.25, 0.3) is 0 Å². The van der Waals surface area contributed by atoms with Crippen molar-refractivity contribution in [1.29, 1.82) is 0 Å². The minimum Gasteiger partial charge on any atom is -0.493 e. The summed E-state index contributed by atoms with van der Waals surface area (Å²) in [6, 6.07) is 6.16. The maximum absolute atomic E-state index is 12.4. The number of ether oxygens (including phenoxy) is 1. The van der Waals surface area contributed by atoms with Gasteiger partial charge < -0.3 is 9.84 Å². The molecule has 0 aromatic heterocycles. The van der Waals surface area contributed by atoms with E-state index in [-0.39, 0.29) is 5.56 Å². The monoisotopic (exact) mass is 276 g/mol. The Bertz CT molecular complexity index is 411. The molecule has 5 heteroatoms. The Kier molecular flexibility index (Phi) is 4.85. The van der Waals surface area contributed by atoms with Crippen LogP contribution in [-0.4, -0.2) is 17.9 Å². The van der Waals surface area contributed by atoms with Crippen molar-refractivity contribution in [2.45, 2.75) is 39.0 Å². The molecule has 1 atom stereocenters. The first-order chi connectivity index (χ1) is 8.60. The van der Waals surface area contributed by atoms with Crippen molar-refractivity contribution in [2.24, 2.45) is 5.92 Å². The third kappa shape index (κ3) is 5.51. The third-order valence-electron chi connectivity index (χ3n) is 2.58. The van der Waals surface area contributed by atoms with Gasteiger partial charge in [-0.1, -0.05) is 26.0 Å². The zero-order chi connectivity index (χ0) is 14.7. The molecule has 108 valence electrons. The summed E-state index contributed by atoms with van der Waals surface area (Å²) in [6.45, 7) is 5.58. The van der Waals surface area contributed by atoms with Crippen LogP contribution < -0.4 is 4.74 Å². The van der Waals surface area contributed by atoms with Gasteiger partial charge in [0, 0.05) is 0 Å². The molecule has 0 saturated heterocycles. The summed E-state index contributed by atoms with van der Waals surface area (Å²) in [4.78, 5) is 0. The van der Waals surface area contributed by atoms with Crippen molar-refractivity contribution in [3.05, 3.63) is 29.8 Å². The smallest absolute Gasteiger partial charge is 0.392 e. The number of hydrogen-bond acceptors (Lipinski definition) is 2. The molecule has 0 saturated carbocycles. The van der Waals surface area contributed by atoms with E-state index in [0.29, 0.717) is 18.3 Å². The first-order valence-corrected chi connectivity index (χ1v) is 6.12. The molecule has 0 aliphatic heterocycles. The minimum atomic E-state index is -4.42. The van der Waals surface area contributed by atoms with Gasteiger partial charge in [-0.3, -0.25) is 0 Å². The lowest BCUT2D eigenvalue weighted by molar-refractivity contribution is -0.174. The fourth-order valence-corrected chi connectivity index (χ4v) is 1.68. The summed E-state index contributed by atoms with van der Waals surface area (Å²) in [7, 11) is 0. The van der Waals surface area contributed by atoms with Crippen LogP contribution in [0, 0.1) is 5.92 Å². The summed E-state index contributed by atoms with van der Waals surface area (Å²) < 4.78 is 42.6. The van der Waals surface area contributed by atoms with Crippen molar-refractivity contribution < 1.29 is 23.0 Å². The van der Waals surface area contributed by atoms with Crippen LogP contribution in [0.4, 0.5) is 13.2 Å². The number of halogens is 3. The Hall–Kier alpha value is -1.23. The summed E-state index contributed by atoms with van der Waals surface area (Å²) in [5.74, 6) is 0.785. The molecule has 19 heavy (non-hydrogen) atoms. The Labute approximate surface area is 111 Å². The summed E-state index contributed by atoms with van der Waals surface area (Å²) in [6.07, 6.45) is -5.70. The molecular formula is C14H19F3O2. The molecular weight excluding hydrogens is 257 g/mol. The first kappa shape index (κ1) is 15.8. The van der Waals surface area contributed by atoms with Gasteiger partial charge in [-0.25, -0.2) is 0 Å². The van der Waals surface area contributed by atoms with E-state index in [1.165, 1.54) is 12.1 Å². The van der Waals surface area contributed by atoms with Crippen molar-refractivity contribution in [3.63, 3.8) is 0 Å². The summed E-state index contributed by atoms with van der Waals surface area (Å²) >= 11 is 0. The molecule has 2 nitrogen and oxygen atoms in total. The minimum absolute atomic E-state index is 0.200. The maximum atomic E-state index is 12.4.